The number of rotatable bonds is 6. The Morgan fingerprint density at radius 1 is 1.15 bits per heavy atom. The van der Waals surface area contributed by atoms with Gasteiger partial charge in [0.25, 0.3) is 0 Å². The van der Waals surface area contributed by atoms with Crippen LogP contribution in [0.4, 0.5) is 13.2 Å². The summed E-state index contributed by atoms with van der Waals surface area (Å²) in [4.78, 5) is 23.5. The number of carboxylic acid groups (broad SMARTS) is 1. The van der Waals surface area contributed by atoms with E-state index in [0.29, 0.717) is 23.8 Å². The molecule has 6 nitrogen and oxygen atoms in total. The number of nitrogens with two attached hydrogens (primary N) is 1. The molecule has 0 aromatic heterocycles. The minimum atomic E-state index is -5.08. The second-order valence-electron chi connectivity index (χ2n) is 7.47. The van der Waals surface area contributed by atoms with Crippen molar-refractivity contribution in [3.63, 3.8) is 0 Å². The van der Waals surface area contributed by atoms with Crippen molar-refractivity contribution in [3.8, 4) is 5.75 Å². The predicted molar refractivity (Wildman–Crippen MR) is 118 cm³/mol. The molecule has 0 saturated carbocycles. The average Bonchev–Trinajstić information content (AvgIpc) is 2.82. The number of alkyl halides is 3. The zero-order chi connectivity index (χ0) is 24.4. The number of likely N-dealkylation sites (tertiary alicyclic amines) is 1. The summed E-state index contributed by atoms with van der Waals surface area (Å²) >= 11 is 0. The molecule has 1 aliphatic rings. The fourth-order valence-corrected chi connectivity index (χ4v) is 3.40. The molecule has 0 amide bonds. The molecule has 0 radical (unpaired) electrons. The van der Waals surface area contributed by atoms with Gasteiger partial charge in [0.2, 0.25) is 0 Å². The number of piperidine rings is 1. The van der Waals surface area contributed by atoms with Crippen LogP contribution in [0.2, 0.25) is 0 Å². The van der Waals surface area contributed by atoms with Gasteiger partial charge in [0.1, 0.15) is 5.75 Å². The zero-order valence-corrected chi connectivity index (χ0v) is 18.2. The number of carbonyl (C=O) groups excluding carboxylic acids is 1. The third-order valence-electron chi connectivity index (χ3n) is 5.22. The van der Waals surface area contributed by atoms with Crippen LogP contribution in [-0.2, 0) is 11.3 Å². The molecule has 0 unspecified atom stereocenters. The van der Waals surface area contributed by atoms with E-state index in [4.69, 9.17) is 20.4 Å². The van der Waals surface area contributed by atoms with Crippen molar-refractivity contribution in [2.24, 2.45) is 5.73 Å². The molecule has 1 heterocycles. The van der Waals surface area contributed by atoms with E-state index < -0.39 is 12.1 Å². The largest absolute Gasteiger partial charge is 0.497 e. The molecule has 0 bridgehead atoms. The maximum atomic E-state index is 12.3. The van der Waals surface area contributed by atoms with Gasteiger partial charge in [0.05, 0.1) is 7.11 Å². The summed E-state index contributed by atoms with van der Waals surface area (Å²) in [5, 5.41) is 7.12. The highest BCUT2D eigenvalue weighted by atomic mass is 19.4. The summed E-state index contributed by atoms with van der Waals surface area (Å²) < 4.78 is 36.9. The molecule has 1 saturated heterocycles. The maximum absolute atomic E-state index is 12.3. The third-order valence-corrected chi connectivity index (χ3v) is 5.22. The Kier molecular flexibility index (Phi) is 9.47. The molecule has 178 valence electrons. The lowest BCUT2D eigenvalue weighted by Gasteiger charge is -2.31. The molecular weight excluding hydrogens is 437 g/mol. The van der Waals surface area contributed by atoms with Crippen LogP contribution in [0.1, 0.15) is 40.2 Å². The Morgan fingerprint density at radius 2 is 1.79 bits per heavy atom. The second kappa shape index (κ2) is 12.1. The Morgan fingerprint density at radius 3 is 2.36 bits per heavy atom. The van der Waals surface area contributed by atoms with E-state index in [2.05, 4.69) is 29.2 Å². The Hall–Kier alpha value is -3.33. The number of aliphatic carboxylic acids is 1. The highest BCUT2D eigenvalue weighted by Gasteiger charge is 2.38. The van der Waals surface area contributed by atoms with Crippen LogP contribution >= 0.6 is 0 Å². The summed E-state index contributed by atoms with van der Waals surface area (Å²) in [7, 11) is 1.60. The molecule has 9 heteroatoms. The summed E-state index contributed by atoms with van der Waals surface area (Å²) in [6.45, 7) is 2.50. The lowest BCUT2D eigenvalue weighted by atomic mass is 9.88. The van der Waals surface area contributed by atoms with E-state index in [9.17, 15) is 18.0 Å². The number of allylic oxidation sites excluding steroid dienone is 1. The van der Waals surface area contributed by atoms with E-state index >= 15 is 0 Å². The summed E-state index contributed by atoms with van der Waals surface area (Å²) in [5.41, 5.74) is 8.96. The number of ether oxygens (including phenoxy) is 1. The lowest BCUT2D eigenvalue weighted by Crippen LogP contribution is -2.28. The number of carboxylic acids is 1. The van der Waals surface area contributed by atoms with Crippen LogP contribution in [0.5, 0.6) is 5.75 Å². The van der Waals surface area contributed by atoms with Crippen molar-refractivity contribution in [2.75, 3.05) is 20.2 Å². The molecule has 3 rings (SSSR count). The molecule has 0 spiro atoms. The van der Waals surface area contributed by atoms with Gasteiger partial charge in [-0.25, -0.2) is 4.79 Å². The average molecular weight is 464 g/mol. The predicted octanol–water partition coefficient (Wildman–Crippen LogP) is 4.36. The van der Waals surface area contributed by atoms with Crippen molar-refractivity contribution in [3.05, 3.63) is 77.5 Å². The molecule has 2 aromatic carbocycles. The number of benzene rings is 2. The van der Waals surface area contributed by atoms with Crippen molar-refractivity contribution in [1.82, 2.24) is 4.90 Å². The molecule has 0 atom stereocenters. The standard InChI is InChI=1S/C22H26N2O2.C2HF3O2/c1-26-21-7-3-6-20(15-21)22(25)10-13-24-11-8-18(9-12-24)19-5-2-4-17(14-19)16-23;3-2(4,5)1(6)7/h2-7,10,13-15,18H,8-9,11-12,16,23H2,1H3;(H,6,7). The quantitative estimate of drug-likeness (QED) is 0.487. The number of ketones is 1. The smallest absolute Gasteiger partial charge is 0.490 e. The van der Waals surface area contributed by atoms with Crippen molar-refractivity contribution in [1.29, 1.82) is 0 Å². The summed E-state index contributed by atoms with van der Waals surface area (Å²) in [5.74, 6) is -1.49. The zero-order valence-electron chi connectivity index (χ0n) is 18.2. The number of hydrogen-bond acceptors (Lipinski definition) is 5. The molecule has 1 fully saturated rings. The minimum absolute atomic E-state index is 0.00155. The number of hydrogen-bond donors (Lipinski definition) is 2. The molecule has 2 aromatic rings. The van der Waals surface area contributed by atoms with Gasteiger partial charge >= 0.3 is 12.1 Å². The van der Waals surface area contributed by atoms with E-state index in [1.807, 2.05) is 24.4 Å². The van der Waals surface area contributed by atoms with Crippen LogP contribution in [0.15, 0.2) is 60.8 Å². The first-order chi connectivity index (χ1) is 15.6. The van der Waals surface area contributed by atoms with Crippen molar-refractivity contribution in [2.45, 2.75) is 31.5 Å². The van der Waals surface area contributed by atoms with E-state index in [0.717, 1.165) is 25.9 Å². The number of methoxy groups -OCH3 is 1. The first-order valence-corrected chi connectivity index (χ1v) is 10.3. The van der Waals surface area contributed by atoms with Gasteiger partial charge < -0.3 is 20.5 Å². The molecule has 0 aliphatic carbocycles. The van der Waals surface area contributed by atoms with Gasteiger partial charge in [-0.1, -0.05) is 36.4 Å². The summed E-state index contributed by atoms with van der Waals surface area (Å²) in [6.07, 6.45) is 0.676. The van der Waals surface area contributed by atoms with Crippen LogP contribution < -0.4 is 10.5 Å². The highest BCUT2D eigenvalue weighted by molar-refractivity contribution is 6.04. The van der Waals surface area contributed by atoms with Gasteiger partial charge in [-0.2, -0.15) is 13.2 Å². The molecule has 33 heavy (non-hydrogen) atoms. The Balaban J connectivity index is 0.000000479. The van der Waals surface area contributed by atoms with Crippen LogP contribution in [0, 0.1) is 0 Å². The number of halogens is 3. The Bertz CT molecular complexity index is 968. The Labute approximate surface area is 190 Å². The fourth-order valence-electron chi connectivity index (χ4n) is 3.40. The van der Waals surface area contributed by atoms with E-state index in [-0.39, 0.29) is 5.78 Å². The van der Waals surface area contributed by atoms with Gasteiger partial charge in [0.15, 0.2) is 5.78 Å². The minimum Gasteiger partial charge on any atom is -0.497 e. The SMILES string of the molecule is COc1cccc(C(=O)C=CN2CCC(c3cccc(CN)c3)CC2)c1.O=C(O)C(F)(F)F. The van der Waals surface area contributed by atoms with Crippen LogP contribution in [0.3, 0.4) is 0 Å². The fraction of sp³-hybridized carbons (Fsp3) is 0.333. The van der Waals surface area contributed by atoms with Crippen LogP contribution in [-0.4, -0.2) is 48.1 Å². The van der Waals surface area contributed by atoms with Crippen LogP contribution in [0.25, 0.3) is 0 Å². The van der Waals surface area contributed by atoms with Gasteiger partial charge in [0, 0.05) is 37.5 Å². The number of carbonyl (C=O) groups is 2. The first-order valence-electron chi connectivity index (χ1n) is 10.3. The van der Waals surface area contributed by atoms with Gasteiger partial charge in [-0.3, -0.25) is 4.79 Å². The molecule has 3 N–H and O–H groups in total. The van der Waals surface area contributed by atoms with E-state index in [1.165, 1.54) is 11.1 Å². The van der Waals surface area contributed by atoms with Gasteiger partial charge in [-0.15, -0.1) is 0 Å². The van der Waals surface area contributed by atoms with Crippen molar-refractivity contribution >= 4 is 11.8 Å². The second-order valence-corrected chi connectivity index (χ2v) is 7.47. The number of nitrogens with zero attached hydrogens (tertiary/aromatic N) is 1. The monoisotopic (exact) mass is 464 g/mol. The maximum Gasteiger partial charge on any atom is 0.490 e. The first kappa shape index (κ1) is 25.9. The lowest BCUT2D eigenvalue weighted by molar-refractivity contribution is -0.192. The molecular formula is C24H27F3N2O4. The topological polar surface area (TPSA) is 92.9 Å². The third kappa shape index (κ3) is 8.27. The molecule has 1 aliphatic heterocycles. The normalized spacial score (nSPS) is 14.5. The highest BCUT2D eigenvalue weighted by Crippen LogP contribution is 2.28. The van der Waals surface area contributed by atoms with Gasteiger partial charge in [-0.05, 0) is 42.0 Å². The summed E-state index contributed by atoms with van der Waals surface area (Å²) in [6, 6.07) is 15.8. The van der Waals surface area contributed by atoms with Crippen molar-refractivity contribution < 1.29 is 32.6 Å². The van der Waals surface area contributed by atoms with E-state index in [1.54, 1.807) is 19.3 Å².